The number of alkyl halides is 2. The van der Waals surface area contributed by atoms with Gasteiger partial charge in [0.1, 0.15) is 11.5 Å². The number of carbonyl (C=O) groups excluding carboxylic acids is 1. The van der Waals surface area contributed by atoms with Gasteiger partial charge in [-0.25, -0.2) is 0 Å². The second-order valence-electron chi connectivity index (χ2n) is 6.15. The van der Waals surface area contributed by atoms with Gasteiger partial charge in [0.05, 0.1) is 6.61 Å². The molecule has 3 aromatic rings. The summed E-state index contributed by atoms with van der Waals surface area (Å²) in [6, 6.07) is 14.8. The maximum atomic E-state index is 12.5. The maximum Gasteiger partial charge on any atom is 0.387 e. The SMILES string of the molecule is CCOc1cc(/C=C/C(=O)Nc2ccc(Oc3ccncc3)cc2)ccc1OC(F)F. The topological polar surface area (TPSA) is 69.7 Å². The summed E-state index contributed by atoms with van der Waals surface area (Å²) in [5.74, 6) is 1.04. The molecule has 6 nitrogen and oxygen atoms in total. The van der Waals surface area contributed by atoms with Gasteiger partial charge in [-0.05, 0) is 67.1 Å². The van der Waals surface area contributed by atoms with Crippen molar-refractivity contribution in [3.05, 3.63) is 78.6 Å². The van der Waals surface area contributed by atoms with Crippen molar-refractivity contribution in [3.63, 3.8) is 0 Å². The fourth-order valence-corrected chi connectivity index (χ4v) is 2.59. The highest BCUT2D eigenvalue weighted by atomic mass is 19.3. The normalized spacial score (nSPS) is 10.8. The molecule has 0 saturated carbocycles. The summed E-state index contributed by atoms with van der Waals surface area (Å²) >= 11 is 0. The van der Waals surface area contributed by atoms with Crippen LogP contribution in [0.4, 0.5) is 14.5 Å². The van der Waals surface area contributed by atoms with Crippen LogP contribution < -0.4 is 19.5 Å². The molecule has 0 spiro atoms. The Balaban J connectivity index is 1.60. The number of aromatic nitrogens is 1. The van der Waals surface area contributed by atoms with E-state index in [0.717, 1.165) is 0 Å². The van der Waals surface area contributed by atoms with Gasteiger partial charge in [-0.2, -0.15) is 8.78 Å². The summed E-state index contributed by atoms with van der Waals surface area (Å²) in [5, 5.41) is 2.73. The number of halogens is 2. The molecule has 0 aliphatic rings. The largest absolute Gasteiger partial charge is 0.490 e. The van der Waals surface area contributed by atoms with Gasteiger partial charge in [0.2, 0.25) is 5.91 Å². The predicted octanol–water partition coefficient (Wildman–Crippen LogP) is 5.53. The minimum Gasteiger partial charge on any atom is -0.490 e. The molecule has 0 atom stereocenters. The van der Waals surface area contributed by atoms with Gasteiger partial charge >= 0.3 is 6.61 Å². The average Bonchev–Trinajstić information content (AvgIpc) is 2.76. The average molecular weight is 426 g/mol. The van der Waals surface area contributed by atoms with Gasteiger partial charge < -0.3 is 19.5 Å². The van der Waals surface area contributed by atoms with Crippen molar-refractivity contribution in [3.8, 4) is 23.0 Å². The van der Waals surface area contributed by atoms with Crippen molar-refractivity contribution in [2.75, 3.05) is 11.9 Å². The third-order valence-electron chi connectivity index (χ3n) is 3.92. The molecule has 0 aliphatic heterocycles. The minimum atomic E-state index is -2.95. The number of amides is 1. The fourth-order valence-electron chi connectivity index (χ4n) is 2.59. The van der Waals surface area contributed by atoms with Crippen LogP contribution in [-0.4, -0.2) is 24.1 Å². The molecule has 0 radical (unpaired) electrons. The first kappa shape index (κ1) is 21.8. The second kappa shape index (κ2) is 10.7. The Morgan fingerprint density at radius 2 is 1.74 bits per heavy atom. The van der Waals surface area contributed by atoms with E-state index in [1.54, 1.807) is 67.9 Å². The Labute approximate surface area is 178 Å². The highest BCUT2D eigenvalue weighted by molar-refractivity contribution is 6.02. The molecule has 0 aliphatic carbocycles. The maximum absolute atomic E-state index is 12.5. The van der Waals surface area contributed by atoms with Crippen molar-refractivity contribution >= 4 is 17.7 Å². The monoisotopic (exact) mass is 426 g/mol. The van der Waals surface area contributed by atoms with E-state index in [2.05, 4.69) is 15.0 Å². The summed E-state index contributed by atoms with van der Waals surface area (Å²) < 4.78 is 40.4. The van der Waals surface area contributed by atoms with E-state index >= 15 is 0 Å². The minimum absolute atomic E-state index is 0.0625. The van der Waals surface area contributed by atoms with Crippen LogP contribution in [0.15, 0.2) is 73.1 Å². The number of rotatable bonds is 9. The van der Waals surface area contributed by atoms with Crippen LogP contribution in [0.3, 0.4) is 0 Å². The molecule has 0 fully saturated rings. The quantitative estimate of drug-likeness (QED) is 0.456. The summed E-state index contributed by atoms with van der Waals surface area (Å²) in [5.41, 5.74) is 1.19. The zero-order valence-corrected chi connectivity index (χ0v) is 16.6. The predicted molar refractivity (Wildman–Crippen MR) is 113 cm³/mol. The van der Waals surface area contributed by atoms with E-state index in [-0.39, 0.29) is 24.0 Å². The molecule has 8 heteroatoms. The molecule has 2 aromatic carbocycles. The summed E-state index contributed by atoms with van der Waals surface area (Å²) in [6.45, 7) is -0.934. The molecular weight excluding hydrogens is 406 g/mol. The van der Waals surface area contributed by atoms with Crippen LogP contribution in [0.5, 0.6) is 23.0 Å². The fraction of sp³-hybridized carbons (Fsp3) is 0.130. The lowest BCUT2D eigenvalue weighted by molar-refractivity contribution is -0.111. The molecule has 160 valence electrons. The van der Waals surface area contributed by atoms with Gasteiger partial charge in [-0.3, -0.25) is 9.78 Å². The summed E-state index contributed by atoms with van der Waals surface area (Å²) in [7, 11) is 0. The first-order chi connectivity index (χ1) is 15.0. The third kappa shape index (κ3) is 6.81. The van der Waals surface area contributed by atoms with E-state index in [4.69, 9.17) is 9.47 Å². The lowest BCUT2D eigenvalue weighted by atomic mass is 10.2. The Kier molecular flexibility index (Phi) is 7.53. The lowest BCUT2D eigenvalue weighted by Gasteiger charge is -2.11. The van der Waals surface area contributed by atoms with E-state index < -0.39 is 6.61 Å². The third-order valence-corrected chi connectivity index (χ3v) is 3.92. The molecular formula is C23H20F2N2O4. The Bertz CT molecular complexity index is 1030. The van der Waals surface area contributed by atoms with Crippen LogP contribution in [0.1, 0.15) is 12.5 Å². The molecule has 1 heterocycles. The highest BCUT2D eigenvalue weighted by Crippen LogP contribution is 2.30. The Morgan fingerprint density at radius 3 is 2.42 bits per heavy atom. The molecule has 31 heavy (non-hydrogen) atoms. The van der Waals surface area contributed by atoms with Gasteiger partial charge in [0.15, 0.2) is 11.5 Å². The summed E-state index contributed by atoms with van der Waals surface area (Å²) in [4.78, 5) is 16.1. The number of hydrogen-bond donors (Lipinski definition) is 1. The molecule has 1 aromatic heterocycles. The lowest BCUT2D eigenvalue weighted by Crippen LogP contribution is -2.07. The van der Waals surface area contributed by atoms with E-state index in [0.29, 0.717) is 22.7 Å². The van der Waals surface area contributed by atoms with E-state index in [1.807, 2.05) is 0 Å². The molecule has 0 bridgehead atoms. The molecule has 0 saturated heterocycles. The number of pyridine rings is 1. The number of hydrogen-bond acceptors (Lipinski definition) is 5. The number of nitrogens with zero attached hydrogens (tertiary/aromatic N) is 1. The van der Waals surface area contributed by atoms with Crippen molar-refractivity contribution in [1.29, 1.82) is 0 Å². The van der Waals surface area contributed by atoms with Crippen LogP contribution in [0, 0.1) is 0 Å². The van der Waals surface area contributed by atoms with Crippen molar-refractivity contribution in [1.82, 2.24) is 4.98 Å². The van der Waals surface area contributed by atoms with Crippen molar-refractivity contribution in [2.45, 2.75) is 13.5 Å². The first-order valence-electron chi connectivity index (χ1n) is 9.42. The van der Waals surface area contributed by atoms with Gasteiger partial charge in [-0.1, -0.05) is 6.07 Å². The molecule has 0 unspecified atom stereocenters. The zero-order valence-electron chi connectivity index (χ0n) is 16.6. The number of nitrogens with one attached hydrogen (secondary N) is 1. The van der Waals surface area contributed by atoms with Crippen LogP contribution in [0.25, 0.3) is 6.08 Å². The van der Waals surface area contributed by atoms with E-state index in [9.17, 15) is 13.6 Å². The number of carbonyl (C=O) groups is 1. The molecule has 1 amide bonds. The highest BCUT2D eigenvalue weighted by Gasteiger charge is 2.11. The standard InChI is InChI=1S/C23H20F2N2O4/c1-2-29-21-15-16(3-9-20(21)31-23(24)25)4-10-22(28)27-17-5-7-18(8-6-17)30-19-11-13-26-14-12-19/h3-15,23H,2H2,1H3,(H,27,28)/b10-4+. The molecule has 3 rings (SSSR count). The number of benzene rings is 2. The zero-order chi connectivity index (χ0) is 22.1. The van der Waals surface area contributed by atoms with Crippen LogP contribution >= 0.6 is 0 Å². The van der Waals surface area contributed by atoms with Gasteiger partial charge in [-0.15, -0.1) is 0 Å². The molecule has 1 N–H and O–H groups in total. The van der Waals surface area contributed by atoms with Crippen molar-refractivity contribution < 1.29 is 27.8 Å². The number of anilines is 1. The Morgan fingerprint density at radius 1 is 1.03 bits per heavy atom. The van der Waals surface area contributed by atoms with E-state index in [1.165, 1.54) is 18.2 Å². The first-order valence-corrected chi connectivity index (χ1v) is 9.42. The van der Waals surface area contributed by atoms with Crippen molar-refractivity contribution in [2.24, 2.45) is 0 Å². The number of ether oxygens (including phenoxy) is 3. The Hall–Kier alpha value is -3.94. The second-order valence-corrected chi connectivity index (χ2v) is 6.15. The van der Waals surface area contributed by atoms with Gasteiger partial charge in [0, 0.05) is 24.2 Å². The van der Waals surface area contributed by atoms with Crippen LogP contribution in [-0.2, 0) is 4.79 Å². The summed E-state index contributed by atoms with van der Waals surface area (Å²) in [6.07, 6.45) is 6.14. The smallest absolute Gasteiger partial charge is 0.387 e. The van der Waals surface area contributed by atoms with Gasteiger partial charge in [0.25, 0.3) is 0 Å². The van der Waals surface area contributed by atoms with Crippen LogP contribution in [0.2, 0.25) is 0 Å².